The van der Waals surface area contributed by atoms with E-state index in [1.165, 1.54) is 22.2 Å². The molecule has 6 nitrogen and oxygen atoms in total. The van der Waals surface area contributed by atoms with E-state index < -0.39 is 0 Å². The van der Waals surface area contributed by atoms with Crippen molar-refractivity contribution in [1.82, 2.24) is 20.2 Å². The van der Waals surface area contributed by atoms with Crippen LogP contribution in [0.4, 0.5) is 5.69 Å². The molecule has 3 aromatic rings. The molecule has 2 aromatic heterocycles. The molecule has 0 aliphatic carbocycles. The second-order valence-corrected chi connectivity index (χ2v) is 7.79. The minimum atomic E-state index is -0.0726. The number of anilines is 1. The molecule has 0 unspecified atom stereocenters. The topological polar surface area (TPSA) is 72.7 Å². The van der Waals surface area contributed by atoms with E-state index in [4.69, 9.17) is 0 Å². The second kappa shape index (κ2) is 8.26. The Hall–Kier alpha value is -2.19. The number of thiophene rings is 1. The van der Waals surface area contributed by atoms with Crippen LogP contribution in [0.25, 0.3) is 0 Å². The third-order valence-corrected chi connectivity index (χ3v) is 5.37. The van der Waals surface area contributed by atoms with Crippen LogP contribution in [0.3, 0.4) is 0 Å². The van der Waals surface area contributed by atoms with Gasteiger partial charge in [-0.15, -0.1) is 16.4 Å². The monoisotopic (exact) mass is 373 g/mol. The number of rotatable bonds is 7. The summed E-state index contributed by atoms with van der Waals surface area (Å²) in [7, 11) is 0. The van der Waals surface area contributed by atoms with Crippen molar-refractivity contribution in [1.29, 1.82) is 0 Å². The van der Waals surface area contributed by atoms with Gasteiger partial charge in [0.2, 0.25) is 11.1 Å². The number of nitrogens with zero attached hydrogens (tertiary/aromatic N) is 4. The molecule has 0 bridgehead atoms. The van der Waals surface area contributed by atoms with Crippen LogP contribution in [0.2, 0.25) is 0 Å². The minimum absolute atomic E-state index is 0.0726. The van der Waals surface area contributed by atoms with E-state index in [1.54, 1.807) is 16.0 Å². The molecule has 3 rings (SSSR count). The molecule has 2 heterocycles. The number of hydrogen-bond donors (Lipinski definition) is 1. The van der Waals surface area contributed by atoms with Gasteiger partial charge in [-0.25, -0.2) is 4.68 Å². The second-order valence-electron chi connectivity index (χ2n) is 5.82. The predicted octanol–water partition coefficient (Wildman–Crippen LogP) is 3.64. The number of hydrogen-bond acceptors (Lipinski definition) is 6. The lowest BCUT2D eigenvalue weighted by Gasteiger charge is -2.09. The predicted molar refractivity (Wildman–Crippen MR) is 101 cm³/mol. The summed E-state index contributed by atoms with van der Waals surface area (Å²) in [4.78, 5) is 13.4. The molecule has 0 spiro atoms. The smallest absolute Gasteiger partial charge is 0.234 e. The first-order valence-corrected chi connectivity index (χ1v) is 9.79. The van der Waals surface area contributed by atoms with Crippen molar-refractivity contribution in [3.05, 3.63) is 52.2 Å². The Bertz CT molecular complexity index is 829. The average Bonchev–Trinajstić information content (AvgIpc) is 3.25. The van der Waals surface area contributed by atoms with Crippen molar-refractivity contribution in [2.45, 2.75) is 31.5 Å². The molecule has 0 atom stereocenters. The minimum Gasteiger partial charge on any atom is -0.325 e. The fraction of sp³-hybridized carbons (Fsp3) is 0.294. The summed E-state index contributed by atoms with van der Waals surface area (Å²) in [6.07, 6.45) is 0. The van der Waals surface area contributed by atoms with E-state index in [0.717, 1.165) is 5.69 Å². The molecular formula is C17H19N5OS2. The van der Waals surface area contributed by atoms with Crippen LogP contribution < -0.4 is 5.32 Å². The molecule has 0 radical (unpaired) electrons. The van der Waals surface area contributed by atoms with Gasteiger partial charge in [0.15, 0.2) is 0 Å². The van der Waals surface area contributed by atoms with Gasteiger partial charge in [0, 0.05) is 10.6 Å². The van der Waals surface area contributed by atoms with Crippen LogP contribution in [-0.4, -0.2) is 31.9 Å². The van der Waals surface area contributed by atoms with Crippen LogP contribution >= 0.6 is 23.1 Å². The first kappa shape index (κ1) is 17.6. The third-order valence-electron chi connectivity index (χ3n) is 3.55. The molecule has 0 fully saturated rings. The molecule has 0 saturated heterocycles. The number of aromatic nitrogens is 4. The van der Waals surface area contributed by atoms with Gasteiger partial charge < -0.3 is 5.32 Å². The number of thioether (sulfide) groups is 1. The highest BCUT2D eigenvalue weighted by molar-refractivity contribution is 7.99. The van der Waals surface area contributed by atoms with Crippen LogP contribution in [0.1, 0.15) is 30.2 Å². The Morgan fingerprint density at radius 1 is 1.32 bits per heavy atom. The number of carbonyl (C=O) groups is 1. The Morgan fingerprint density at radius 3 is 2.96 bits per heavy atom. The molecule has 0 aliphatic rings. The summed E-state index contributed by atoms with van der Waals surface area (Å²) < 4.78 is 1.71. The zero-order chi connectivity index (χ0) is 17.6. The highest BCUT2D eigenvalue weighted by Crippen LogP contribution is 2.20. The van der Waals surface area contributed by atoms with Gasteiger partial charge in [-0.2, -0.15) is 0 Å². The van der Waals surface area contributed by atoms with Crippen LogP contribution in [0.15, 0.2) is 46.9 Å². The van der Waals surface area contributed by atoms with Crippen molar-refractivity contribution in [3.8, 4) is 0 Å². The Kier molecular flexibility index (Phi) is 5.83. The van der Waals surface area contributed by atoms with Crippen molar-refractivity contribution in [3.63, 3.8) is 0 Å². The summed E-state index contributed by atoms with van der Waals surface area (Å²) in [6, 6.07) is 12.0. The van der Waals surface area contributed by atoms with Crippen LogP contribution in [0, 0.1) is 0 Å². The van der Waals surface area contributed by atoms with E-state index >= 15 is 0 Å². The summed E-state index contributed by atoms with van der Waals surface area (Å²) in [5.41, 5.74) is 2.01. The Morgan fingerprint density at radius 2 is 2.20 bits per heavy atom. The van der Waals surface area contributed by atoms with Gasteiger partial charge in [-0.1, -0.05) is 43.8 Å². The summed E-state index contributed by atoms with van der Waals surface area (Å²) in [5, 5.41) is 17.3. The lowest BCUT2D eigenvalue weighted by molar-refractivity contribution is -0.113. The highest BCUT2D eigenvalue weighted by atomic mass is 32.2. The maximum atomic E-state index is 12.2. The number of nitrogens with one attached hydrogen (secondary N) is 1. The lowest BCUT2D eigenvalue weighted by Crippen LogP contribution is -2.15. The molecule has 1 aromatic carbocycles. The van der Waals surface area contributed by atoms with Gasteiger partial charge >= 0.3 is 0 Å². The Labute approximate surface area is 154 Å². The molecule has 8 heteroatoms. The van der Waals surface area contributed by atoms with Crippen LogP contribution in [-0.2, 0) is 11.3 Å². The third kappa shape index (κ3) is 4.90. The van der Waals surface area contributed by atoms with Gasteiger partial charge in [0.1, 0.15) is 0 Å². The van der Waals surface area contributed by atoms with E-state index in [0.29, 0.717) is 17.6 Å². The molecule has 0 saturated carbocycles. The molecule has 130 valence electrons. The van der Waals surface area contributed by atoms with Gasteiger partial charge in [0.05, 0.1) is 12.3 Å². The first-order chi connectivity index (χ1) is 12.1. The molecule has 1 amide bonds. The van der Waals surface area contributed by atoms with Crippen molar-refractivity contribution < 1.29 is 4.79 Å². The molecule has 1 N–H and O–H groups in total. The van der Waals surface area contributed by atoms with Crippen molar-refractivity contribution in [2.24, 2.45) is 0 Å². The first-order valence-electron chi connectivity index (χ1n) is 7.93. The number of amides is 1. The molecule has 0 aliphatic heterocycles. The standard InChI is InChI=1S/C17H19N5OS2/c1-12(2)13-5-3-6-14(9-13)18-16(23)11-25-17-19-20-21-22(17)10-15-7-4-8-24-15/h3-9,12H,10-11H2,1-2H3,(H,18,23). The fourth-order valence-electron chi connectivity index (χ4n) is 2.25. The van der Waals surface area contributed by atoms with Crippen molar-refractivity contribution >= 4 is 34.7 Å². The number of benzene rings is 1. The zero-order valence-electron chi connectivity index (χ0n) is 14.0. The maximum Gasteiger partial charge on any atom is 0.234 e. The van der Waals surface area contributed by atoms with E-state index in [9.17, 15) is 4.79 Å². The summed E-state index contributed by atoms with van der Waals surface area (Å²) in [5.74, 6) is 0.612. The normalized spacial score (nSPS) is 11.0. The van der Waals surface area contributed by atoms with E-state index in [1.807, 2.05) is 35.7 Å². The van der Waals surface area contributed by atoms with Crippen molar-refractivity contribution in [2.75, 3.05) is 11.1 Å². The number of tetrazole rings is 1. The number of carbonyl (C=O) groups excluding carboxylic acids is 1. The lowest BCUT2D eigenvalue weighted by atomic mass is 10.0. The highest BCUT2D eigenvalue weighted by Gasteiger charge is 2.11. The zero-order valence-corrected chi connectivity index (χ0v) is 15.7. The molecular weight excluding hydrogens is 354 g/mol. The van der Waals surface area contributed by atoms with Gasteiger partial charge in [-0.05, 0) is 45.5 Å². The van der Waals surface area contributed by atoms with Gasteiger partial charge in [-0.3, -0.25) is 4.79 Å². The quantitative estimate of drug-likeness (QED) is 0.640. The van der Waals surface area contributed by atoms with Gasteiger partial charge in [0.25, 0.3) is 0 Å². The fourth-order valence-corrected chi connectivity index (χ4v) is 3.61. The Balaban J connectivity index is 1.56. The molecule has 25 heavy (non-hydrogen) atoms. The van der Waals surface area contributed by atoms with E-state index in [2.05, 4.69) is 40.8 Å². The van der Waals surface area contributed by atoms with Crippen LogP contribution in [0.5, 0.6) is 0 Å². The largest absolute Gasteiger partial charge is 0.325 e. The average molecular weight is 374 g/mol. The summed E-state index contributed by atoms with van der Waals surface area (Å²) in [6.45, 7) is 4.87. The van der Waals surface area contributed by atoms with E-state index in [-0.39, 0.29) is 11.7 Å². The SMILES string of the molecule is CC(C)c1cccc(NC(=O)CSc2nnnn2Cc2cccs2)c1. The summed E-state index contributed by atoms with van der Waals surface area (Å²) >= 11 is 2.99. The maximum absolute atomic E-state index is 12.2.